The van der Waals surface area contributed by atoms with Crippen LogP contribution in [0.2, 0.25) is 0 Å². The van der Waals surface area contributed by atoms with Crippen molar-refractivity contribution in [2.45, 2.75) is 6.43 Å². The van der Waals surface area contributed by atoms with Crippen LogP contribution >= 0.6 is 0 Å². The predicted octanol–water partition coefficient (Wildman–Crippen LogP) is 1.32. The third kappa shape index (κ3) is 2.25. The van der Waals surface area contributed by atoms with Gasteiger partial charge in [-0.15, -0.1) is 0 Å². The Morgan fingerprint density at radius 2 is 2.05 bits per heavy atom. The Hall–Kier alpha value is -1.76. The highest BCUT2D eigenvalue weighted by Gasteiger charge is 2.20. The number of aryl methyl sites for hydroxylation is 1. The van der Waals surface area contributed by atoms with Gasteiger partial charge in [-0.3, -0.25) is 4.68 Å². The Morgan fingerprint density at radius 1 is 1.32 bits per heavy atom. The number of rotatable bonds is 2. The maximum atomic E-state index is 13.2. The summed E-state index contributed by atoms with van der Waals surface area (Å²) in [5, 5.41) is 7.79. The maximum Gasteiger partial charge on any atom is 0.264 e. The van der Waals surface area contributed by atoms with E-state index in [-0.39, 0.29) is 5.56 Å². The molecular formula is C12H15F2N5. The van der Waals surface area contributed by atoms with E-state index >= 15 is 0 Å². The van der Waals surface area contributed by atoms with Gasteiger partial charge in [0.25, 0.3) is 6.43 Å². The lowest BCUT2D eigenvalue weighted by atomic mass is 10.2. The summed E-state index contributed by atoms with van der Waals surface area (Å²) in [5.41, 5.74) is 0.389. The van der Waals surface area contributed by atoms with Crippen molar-refractivity contribution in [3.05, 3.63) is 17.8 Å². The number of fused-ring (bicyclic) bond motifs is 1. The minimum atomic E-state index is -2.52. The summed E-state index contributed by atoms with van der Waals surface area (Å²) in [6, 6.07) is 1.49. The maximum absolute atomic E-state index is 13.2. The zero-order chi connectivity index (χ0) is 13.4. The predicted molar refractivity (Wildman–Crippen MR) is 68.5 cm³/mol. The van der Waals surface area contributed by atoms with Gasteiger partial charge in [0, 0.05) is 50.4 Å². The third-order valence-corrected chi connectivity index (χ3v) is 3.30. The first-order chi connectivity index (χ1) is 9.15. The number of anilines is 1. The average Bonchev–Trinajstić information content (AvgIpc) is 2.78. The van der Waals surface area contributed by atoms with Gasteiger partial charge < -0.3 is 10.2 Å². The number of alkyl halides is 2. The molecule has 0 unspecified atom stereocenters. The van der Waals surface area contributed by atoms with Gasteiger partial charge in [0.2, 0.25) is 0 Å². The first kappa shape index (κ1) is 12.3. The van der Waals surface area contributed by atoms with Crippen LogP contribution in [0.5, 0.6) is 0 Å². The van der Waals surface area contributed by atoms with E-state index in [1.807, 2.05) is 4.90 Å². The fourth-order valence-electron chi connectivity index (χ4n) is 2.36. The third-order valence-electron chi connectivity index (χ3n) is 3.30. The summed E-state index contributed by atoms with van der Waals surface area (Å²) in [4.78, 5) is 6.41. The molecule has 1 aliphatic heterocycles. The van der Waals surface area contributed by atoms with E-state index < -0.39 is 6.43 Å². The molecule has 5 nitrogen and oxygen atoms in total. The second-order valence-corrected chi connectivity index (χ2v) is 4.65. The van der Waals surface area contributed by atoms with Crippen LogP contribution in [0.25, 0.3) is 11.0 Å². The molecule has 0 atom stereocenters. The fourth-order valence-corrected chi connectivity index (χ4v) is 2.36. The molecule has 1 N–H and O–H groups in total. The van der Waals surface area contributed by atoms with Crippen LogP contribution in [-0.2, 0) is 7.05 Å². The van der Waals surface area contributed by atoms with Crippen molar-refractivity contribution in [2.24, 2.45) is 7.05 Å². The number of piperazine rings is 1. The van der Waals surface area contributed by atoms with Crippen molar-refractivity contribution < 1.29 is 8.78 Å². The smallest absolute Gasteiger partial charge is 0.264 e. The number of aromatic nitrogens is 3. The molecule has 3 rings (SSSR count). The van der Waals surface area contributed by atoms with Crippen LogP contribution in [0.3, 0.4) is 0 Å². The minimum Gasteiger partial charge on any atom is -0.354 e. The number of nitrogens with zero attached hydrogens (tertiary/aromatic N) is 4. The molecule has 3 heterocycles. The lowest BCUT2D eigenvalue weighted by Crippen LogP contribution is -2.43. The molecule has 0 bridgehead atoms. The zero-order valence-electron chi connectivity index (χ0n) is 10.6. The van der Waals surface area contributed by atoms with Gasteiger partial charge in [-0.25, -0.2) is 13.8 Å². The minimum absolute atomic E-state index is 0.00614. The van der Waals surface area contributed by atoms with Gasteiger partial charge in [0.05, 0.1) is 0 Å². The highest BCUT2D eigenvalue weighted by molar-refractivity contribution is 5.80. The van der Waals surface area contributed by atoms with Crippen molar-refractivity contribution >= 4 is 16.9 Å². The second-order valence-electron chi connectivity index (χ2n) is 4.65. The summed E-state index contributed by atoms with van der Waals surface area (Å²) in [5.74, 6) is 0.586. The summed E-state index contributed by atoms with van der Waals surface area (Å²) in [7, 11) is 1.71. The lowest BCUT2D eigenvalue weighted by Gasteiger charge is -2.28. The molecule has 19 heavy (non-hydrogen) atoms. The largest absolute Gasteiger partial charge is 0.354 e. The normalized spacial score (nSPS) is 16.5. The van der Waals surface area contributed by atoms with Gasteiger partial charge in [-0.2, -0.15) is 5.10 Å². The van der Waals surface area contributed by atoms with Gasteiger partial charge in [-0.1, -0.05) is 0 Å². The summed E-state index contributed by atoms with van der Waals surface area (Å²) in [6.45, 7) is 3.22. The van der Waals surface area contributed by atoms with Crippen LogP contribution in [-0.4, -0.2) is 40.9 Å². The Labute approximate surface area is 109 Å². The Kier molecular flexibility index (Phi) is 3.06. The topological polar surface area (TPSA) is 46.0 Å². The molecule has 0 radical (unpaired) electrons. The quantitative estimate of drug-likeness (QED) is 0.891. The molecule has 1 saturated heterocycles. The molecule has 2 aromatic rings. The number of halogens is 2. The van der Waals surface area contributed by atoms with E-state index in [2.05, 4.69) is 15.4 Å². The van der Waals surface area contributed by atoms with Crippen LogP contribution < -0.4 is 10.2 Å². The van der Waals surface area contributed by atoms with E-state index in [1.165, 1.54) is 10.7 Å². The van der Waals surface area contributed by atoms with Crippen molar-refractivity contribution in [3.8, 4) is 0 Å². The van der Waals surface area contributed by atoms with Crippen molar-refractivity contribution in [2.75, 3.05) is 31.1 Å². The molecule has 102 valence electrons. The van der Waals surface area contributed by atoms with Crippen LogP contribution in [0, 0.1) is 0 Å². The molecular weight excluding hydrogens is 252 g/mol. The van der Waals surface area contributed by atoms with E-state index in [4.69, 9.17) is 0 Å². The number of hydrogen-bond donors (Lipinski definition) is 1. The molecule has 1 aliphatic rings. The first-order valence-electron chi connectivity index (χ1n) is 6.23. The van der Waals surface area contributed by atoms with Crippen molar-refractivity contribution in [1.29, 1.82) is 0 Å². The number of hydrogen-bond acceptors (Lipinski definition) is 4. The van der Waals surface area contributed by atoms with Crippen LogP contribution in [0.4, 0.5) is 14.6 Å². The summed E-state index contributed by atoms with van der Waals surface area (Å²) in [6.07, 6.45) is -0.929. The summed E-state index contributed by atoms with van der Waals surface area (Å²) < 4.78 is 27.8. The van der Waals surface area contributed by atoms with E-state index in [9.17, 15) is 8.78 Å². The molecule has 0 aliphatic carbocycles. The van der Waals surface area contributed by atoms with Gasteiger partial charge >= 0.3 is 0 Å². The van der Waals surface area contributed by atoms with E-state index in [0.29, 0.717) is 16.9 Å². The first-order valence-corrected chi connectivity index (χ1v) is 6.23. The van der Waals surface area contributed by atoms with E-state index in [0.717, 1.165) is 26.2 Å². The highest BCUT2D eigenvalue weighted by atomic mass is 19.3. The lowest BCUT2D eigenvalue weighted by molar-refractivity contribution is 0.153. The molecule has 2 aromatic heterocycles. The highest BCUT2D eigenvalue weighted by Crippen LogP contribution is 2.29. The second kappa shape index (κ2) is 4.73. The molecule has 0 amide bonds. The molecule has 0 spiro atoms. The zero-order valence-corrected chi connectivity index (χ0v) is 10.6. The Balaban J connectivity index is 2.09. The van der Waals surface area contributed by atoms with Gasteiger partial charge in [0.15, 0.2) is 5.65 Å². The summed E-state index contributed by atoms with van der Waals surface area (Å²) >= 11 is 0. The Bertz CT molecular complexity index is 589. The Morgan fingerprint density at radius 3 is 2.74 bits per heavy atom. The molecule has 0 aromatic carbocycles. The van der Waals surface area contributed by atoms with Crippen LogP contribution in [0.1, 0.15) is 12.0 Å². The fraction of sp³-hybridized carbons (Fsp3) is 0.500. The van der Waals surface area contributed by atoms with Crippen LogP contribution in [0.15, 0.2) is 12.3 Å². The SMILES string of the molecule is Cn1cc2c(C(F)F)cc(N3CCNCC3)nc2n1. The number of nitrogens with one attached hydrogen (secondary N) is 1. The van der Waals surface area contributed by atoms with Gasteiger partial charge in [0.1, 0.15) is 5.82 Å². The number of pyridine rings is 1. The molecule has 7 heteroatoms. The average molecular weight is 267 g/mol. The monoisotopic (exact) mass is 267 g/mol. The van der Waals surface area contributed by atoms with Gasteiger partial charge in [-0.05, 0) is 6.07 Å². The van der Waals surface area contributed by atoms with Crippen molar-refractivity contribution in [1.82, 2.24) is 20.1 Å². The standard InChI is InChI=1S/C12H15F2N5/c1-18-7-9-8(11(13)14)6-10(16-12(9)17-18)19-4-2-15-3-5-19/h6-7,11,15H,2-5H2,1H3. The molecule has 0 saturated carbocycles. The van der Waals surface area contributed by atoms with E-state index in [1.54, 1.807) is 13.2 Å². The molecule has 1 fully saturated rings. The van der Waals surface area contributed by atoms with Crippen molar-refractivity contribution in [3.63, 3.8) is 0 Å².